The van der Waals surface area contributed by atoms with Gasteiger partial charge < -0.3 is 5.73 Å². The first-order valence-corrected chi connectivity index (χ1v) is 6.07. The number of benzene rings is 1. The van der Waals surface area contributed by atoms with Gasteiger partial charge in [0.2, 0.25) is 0 Å². The van der Waals surface area contributed by atoms with Crippen molar-refractivity contribution in [3.05, 3.63) is 29.8 Å². The molecule has 0 radical (unpaired) electrons. The van der Waals surface area contributed by atoms with Crippen molar-refractivity contribution in [2.45, 2.75) is 40.3 Å². The average molecular weight is 220 g/mol. The molecule has 0 spiro atoms. The number of nitrogen functional groups attached to an aromatic ring is 1. The highest BCUT2D eigenvalue weighted by molar-refractivity contribution is 5.39. The van der Waals surface area contributed by atoms with Crippen LogP contribution in [0.2, 0.25) is 0 Å². The average Bonchev–Trinajstić information content (AvgIpc) is 2.19. The predicted molar refractivity (Wildman–Crippen MR) is 71.2 cm³/mol. The topological polar surface area (TPSA) is 29.3 Å². The lowest BCUT2D eigenvalue weighted by atomic mass is 10.1. The molecule has 90 valence electrons. The van der Waals surface area contributed by atoms with E-state index in [2.05, 4.69) is 44.7 Å². The van der Waals surface area contributed by atoms with Crippen molar-refractivity contribution in [2.24, 2.45) is 5.92 Å². The Morgan fingerprint density at radius 1 is 1.06 bits per heavy atom. The van der Waals surface area contributed by atoms with Gasteiger partial charge in [-0.2, -0.15) is 0 Å². The minimum atomic E-state index is 0.583. The van der Waals surface area contributed by atoms with Crippen molar-refractivity contribution in [1.82, 2.24) is 4.90 Å². The Labute approximate surface area is 99.5 Å². The monoisotopic (exact) mass is 220 g/mol. The van der Waals surface area contributed by atoms with Crippen molar-refractivity contribution in [1.29, 1.82) is 0 Å². The standard InChI is InChI=1S/C14H24N2/c1-11(2)9-16(12(3)4)10-13-5-7-14(15)8-6-13/h5-8,11-12H,9-10,15H2,1-4H3. The van der Waals surface area contributed by atoms with E-state index in [0.717, 1.165) is 18.8 Å². The smallest absolute Gasteiger partial charge is 0.0314 e. The minimum Gasteiger partial charge on any atom is -0.399 e. The molecule has 2 N–H and O–H groups in total. The number of anilines is 1. The van der Waals surface area contributed by atoms with Gasteiger partial charge in [-0.25, -0.2) is 0 Å². The molecule has 0 atom stereocenters. The molecule has 0 unspecified atom stereocenters. The van der Waals surface area contributed by atoms with Crippen molar-refractivity contribution in [3.8, 4) is 0 Å². The molecule has 0 saturated heterocycles. The van der Waals surface area contributed by atoms with Crippen LogP contribution >= 0.6 is 0 Å². The summed E-state index contributed by atoms with van der Waals surface area (Å²) in [6.45, 7) is 11.2. The second-order valence-electron chi connectivity index (χ2n) is 5.16. The van der Waals surface area contributed by atoms with Crippen molar-refractivity contribution >= 4 is 5.69 Å². The summed E-state index contributed by atoms with van der Waals surface area (Å²) in [7, 11) is 0. The lowest BCUT2D eigenvalue weighted by molar-refractivity contribution is 0.189. The summed E-state index contributed by atoms with van der Waals surface area (Å²) in [5.41, 5.74) is 7.86. The highest BCUT2D eigenvalue weighted by Crippen LogP contribution is 2.12. The molecule has 0 aliphatic rings. The van der Waals surface area contributed by atoms with Gasteiger partial charge in [-0.3, -0.25) is 4.90 Å². The molecule has 1 aromatic rings. The maximum atomic E-state index is 5.68. The van der Waals surface area contributed by atoms with E-state index in [0.29, 0.717) is 12.0 Å². The molecule has 1 aromatic carbocycles. The third-order valence-electron chi connectivity index (χ3n) is 2.70. The maximum Gasteiger partial charge on any atom is 0.0314 e. The molecule has 0 saturated carbocycles. The van der Waals surface area contributed by atoms with E-state index in [1.807, 2.05) is 12.1 Å². The molecular weight excluding hydrogens is 196 g/mol. The van der Waals surface area contributed by atoms with Crippen molar-refractivity contribution in [2.75, 3.05) is 12.3 Å². The van der Waals surface area contributed by atoms with Crippen LogP contribution in [0.15, 0.2) is 24.3 Å². The Balaban J connectivity index is 2.64. The van der Waals surface area contributed by atoms with Gasteiger partial charge in [0.1, 0.15) is 0 Å². The van der Waals surface area contributed by atoms with E-state index in [-0.39, 0.29) is 0 Å². The first-order chi connectivity index (χ1) is 7.49. The van der Waals surface area contributed by atoms with Gasteiger partial charge in [0.05, 0.1) is 0 Å². The normalized spacial score (nSPS) is 11.7. The van der Waals surface area contributed by atoms with Gasteiger partial charge in [0.25, 0.3) is 0 Å². The van der Waals surface area contributed by atoms with E-state index < -0.39 is 0 Å². The molecule has 0 aromatic heterocycles. The summed E-state index contributed by atoms with van der Waals surface area (Å²) in [6, 6.07) is 8.77. The SMILES string of the molecule is CC(C)CN(Cc1ccc(N)cc1)C(C)C. The number of hydrogen-bond donors (Lipinski definition) is 1. The molecule has 2 heteroatoms. The van der Waals surface area contributed by atoms with E-state index >= 15 is 0 Å². The molecule has 0 fully saturated rings. The van der Waals surface area contributed by atoms with Crippen molar-refractivity contribution < 1.29 is 0 Å². The van der Waals surface area contributed by atoms with Crippen LogP contribution in [0.5, 0.6) is 0 Å². The Bertz CT molecular complexity index is 301. The van der Waals surface area contributed by atoms with Gasteiger partial charge in [-0.1, -0.05) is 26.0 Å². The predicted octanol–water partition coefficient (Wildman–Crippen LogP) is 3.14. The van der Waals surface area contributed by atoms with E-state index in [1.165, 1.54) is 5.56 Å². The Morgan fingerprint density at radius 2 is 1.62 bits per heavy atom. The van der Waals surface area contributed by atoms with Crippen LogP contribution in [-0.4, -0.2) is 17.5 Å². The minimum absolute atomic E-state index is 0.583. The van der Waals surface area contributed by atoms with Crippen LogP contribution in [0.4, 0.5) is 5.69 Å². The Kier molecular flexibility index (Phi) is 4.81. The van der Waals surface area contributed by atoms with Gasteiger partial charge in [0, 0.05) is 24.8 Å². The summed E-state index contributed by atoms with van der Waals surface area (Å²) >= 11 is 0. The number of rotatable bonds is 5. The molecule has 0 aliphatic carbocycles. The third-order valence-corrected chi connectivity index (χ3v) is 2.70. The molecule has 2 nitrogen and oxygen atoms in total. The van der Waals surface area contributed by atoms with Crippen LogP contribution in [0.3, 0.4) is 0 Å². The second kappa shape index (κ2) is 5.90. The van der Waals surface area contributed by atoms with E-state index in [4.69, 9.17) is 5.73 Å². The van der Waals surface area contributed by atoms with Crippen LogP contribution < -0.4 is 5.73 Å². The molecule has 0 amide bonds. The highest BCUT2D eigenvalue weighted by Gasteiger charge is 2.11. The maximum absolute atomic E-state index is 5.68. The van der Waals surface area contributed by atoms with Crippen LogP contribution in [0.1, 0.15) is 33.3 Å². The number of nitrogens with two attached hydrogens (primary N) is 1. The lowest BCUT2D eigenvalue weighted by Gasteiger charge is -2.28. The first kappa shape index (κ1) is 13.0. The molecule has 0 heterocycles. The van der Waals surface area contributed by atoms with Crippen LogP contribution in [0, 0.1) is 5.92 Å². The Hall–Kier alpha value is -1.02. The zero-order valence-corrected chi connectivity index (χ0v) is 10.9. The summed E-state index contributed by atoms with van der Waals surface area (Å²) in [6.07, 6.45) is 0. The van der Waals surface area contributed by atoms with Gasteiger partial charge in [-0.15, -0.1) is 0 Å². The highest BCUT2D eigenvalue weighted by atomic mass is 15.1. The largest absolute Gasteiger partial charge is 0.399 e. The molecule has 0 bridgehead atoms. The fourth-order valence-electron chi connectivity index (χ4n) is 1.78. The summed E-state index contributed by atoms with van der Waals surface area (Å²) in [5.74, 6) is 0.705. The fraction of sp³-hybridized carbons (Fsp3) is 0.571. The van der Waals surface area contributed by atoms with Gasteiger partial charge in [-0.05, 0) is 37.5 Å². The van der Waals surface area contributed by atoms with E-state index in [1.54, 1.807) is 0 Å². The van der Waals surface area contributed by atoms with Crippen LogP contribution in [-0.2, 0) is 6.54 Å². The Morgan fingerprint density at radius 3 is 2.06 bits per heavy atom. The zero-order chi connectivity index (χ0) is 12.1. The quantitative estimate of drug-likeness (QED) is 0.772. The lowest BCUT2D eigenvalue weighted by Crippen LogP contribution is -2.33. The zero-order valence-electron chi connectivity index (χ0n) is 10.9. The summed E-state index contributed by atoms with van der Waals surface area (Å²) in [4.78, 5) is 2.50. The van der Waals surface area contributed by atoms with Gasteiger partial charge in [0.15, 0.2) is 0 Å². The van der Waals surface area contributed by atoms with Crippen LogP contribution in [0.25, 0.3) is 0 Å². The summed E-state index contributed by atoms with van der Waals surface area (Å²) < 4.78 is 0. The summed E-state index contributed by atoms with van der Waals surface area (Å²) in [5, 5.41) is 0. The molecule has 0 aliphatic heterocycles. The number of nitrogens with zero attached hydrogens (tertiary/aromatic N) is 1. The van der Waals surface area contributed by atoms with E-state index in [9.17, 15) is 0 Å². The molecular formula is C14H24N2. The number of hydrogen-bond acceptors (Lipinski definition) is 2. The molecule has 1 rings (SSSR count). The van der Waals surface area contributed by atoms with Gasteiger partial charge >= 0.3 is 0 Å². The first-order valence-electron chi connectivity index (χ1n) is 6.07. The second-order valence-corrected chi connectivity index (χ2v) is 5.16. The molecule has 16 heavy (non-hydrogen) atoms. The van der Waals surface area contributed by atoms with Crippen molar-refractivity contribution in [3.63, 3.8) is 0 Å². The fourth-order valence-corrected chi connectivity index (χ4v) is 1.78. The third kappa shape index (κ3) is 4.23.